The molecule has 3 amide bonds. The van der Waals surface area contributed by atoms with Crippen molar-refractivity contribution < 1.29 is 186 Å². The van der Waals surface area contributed by atoms with Gasteiger partial charge in [-0.3, -0.25) is 71.8 Å². The number of nitrogens with one attached hydrogen (secondary N) is 5. The number of unbranched alkanes of at least 4 members (excludes halogenated alkanes) is 6. The van der Waals surface area contributed by atoms with Crippen molar-refractivity contribution in [2.24, 2.45) is 5.73 Å². The predicted octanol–water partition coefficient (Wildman–Crippen LogP) is 2.28. The molecule has 25 N–H and O–H groups in total. The summed E-state index contributed by atoms with van der Waals surface area (Å²) >= 11 is 0. The zero-order valence-electron chi connectivity index (χ0n) is 67.8. The number of hydrogen-bond acceptors (Lipinski definition) is 38. The number of phosphoric ester groups is 2. The first-order valence-corrected chi connectivity index (χ1v) is 52.2. The average Bonchev–Trinajstić information content (AvgIpc) is 1.62. The molecule has 129 heavy (non-hydrogen) atoms. The molecule has 63 heteroatoms. The average molecular weight is 2030 g/mol. The summed E-state index contributed by atoms with van der Waals surface area (Å²) in [6, 6.07) is -4.52. The van der Waals surface area contributed by atoms with Gasteiger partial charge in [0.15, 0.2) is 17.1 Å². The highest BCUT2D eigenvalue weighted by molar-refractivity contribution is 8.77. The van der Waals surface area contributed by atoms with Crippen LogP contribution in [-0.4, -0.2) is 248 Å². The number of amides is 3. The Morgan fingerprint density at radius 2 is 0.884 bits per heavy atom. The molecule has 0 radical (unpaired) electrons. The van der Waals surface area contributed by atoms with E-state index in [-0.39, 0.29) is 151 Å². The van der Waals surface area contributed by atoms with E-state index in [1.807, 2.05) is 0 Å². The molecule has 720 valence electrons. The number of fused-ring (bicyclic) bond motifs is 2. The van der Waals surface area contributed by atoms with Gasteiger partial charge in [0.25, 0.3) is 11.1 Å². The molecule has 0 bridgehead atoms. The van der Waals surface area contributed by atoms with E-state index in [0.29, 0.717) is 68.6 Å². The van der Waals surface area contributed by atoms with Crippen LogP contribution < -0.4 is 44.3 Å². The maximum absolute atomic E-state index is 12.9. The van der Waals surface area contributed by atoms with Crippen molar-refractivity contribution >= 4 is 189 Å². The summed E-state index contributed by atoms with van der Waals surface area (Å²) in [4.78, 5) is 241. The van der Waals surface area contributed by atoms with Crippen LogP contribution in [0.15, 0.2) is 22.0 Å². The maximum Gasteiger partial charge on any atom is 0.490 e. The number of carbonyl (C=O) groups excluding carboxylic acids is 7. The number of aromatic amines is 2. The van der Waals surface area contributed by atoms with Gasteiger partial charge in [-0.15, -0.1) is 0 Å². The van der Waals surface area contributed by atoms with Gasteiger partial charge in [0, 0.05) is 119 Å². The summed E-state index contributed by atoms with van der Waals surface area (Å²) in [7, 11) is -28.5. The lowest BCUT2D eigenvalue weighted by atomic mass is 10.0. The van der Waals surface area contributed by atoms with E-state index in [1.54, 1.807) is 0 Å². The monoisotopic (exact) mass is 2030 g/mol. The number of rotatable bonds is 57. The Bertz CT molecular complexity index is 5240. The van der Waals surface area contributed by atoms with Crippen LogP contribution in [0.4, 0.5) is 11.9 Å². The number of aliphatic carboxylic acids is 4. The molecule has 0 spiro atoms. The molecule has 4 aromatic heterocycles. The number of nitrogens with zero attached hydrogens (tertiary/aromatic N) is 4. The van der Waals surface area contributed by atoms with Gasteiger partial charge in [-0.2, -0.15) is 27.2 Å². The minimum absolute atomic E-state index is 0.00432. The van der Waals surface area contributed by atoms with Crippen molar-refractivity contribution in [3.8, 4) is 23.7 Å². The van der Waals surface area contributed by atoms with E-state index in [2.05, 4.69) is 85.9 Å². The largest absolute Gasteiger partial charge is 0.490 e. The van der Waals surface area contributed by atoms with Crippen LogP contribution in [0.3, 0.4) is 0 Å². The van der Waals surface area contributed by atoms with Crippen molar-refractivity contribution in [1.82, 2.24) is 45.0 Å². The summed E-state index contributed by atoms with van der Waals surface area (Å²) in [6.45, 7) is -0.592. The molecular weight excluding hydrogens is 1930 g/mol. The van der Waals surface area contributed by atoms with Gasteiger partial charge in [0.2, 0.25) is 29.6 Å². The number of Topliss-reactive ketones (excluding diaryl/α,β-unsaturated/α-hetero) is 4. The molecule has 4 aromatic rings. The third-order valence-electron chi connectivity index (χ3n) is 17.5. The maximum atomic E-state index is 12.9. The van der Waals surface area contributed by atoms with E-state index in [9.17, 15) is 120 Å². The Kier molecular flexibility index (Phi) is 45.9. The molecule has 6 heterocycles. The summed E-state index contributed by atoms with van der Waals surface area (Å²) in [5, 5.41) is 63.7. The van der Waals surface area contributed by atoms with Crippen LogP contribution in [0.2, 0.25) is 0 Å². The zero-order valence-corrected chi connectivity index (χ0v) is 76.5. The molecular formula is C66H96N12O41P6S4. The number of carboxylic acid groups (broad SMARTS) is 4. The van der Waals surface area contributed by atoms with Gasteiger partial charge >= 0.3 is 70.8 Å². The Hall–Kier alpha value is -7.45. The van der Waals surface area contributed by atoms with E-state index in [0.717, 1.165) is 0 Å². The standard InChI is InChI=1S/C34H49N6O21P3S2.C32H47N6O20P3S2/c1-19(41)36-23(24(43)10-4-2-3-5-11-27(45)37-22(33(49)50)14-29(46)47)18-66-65-13-12-21(42)9-7-6-8-20-16-40(31-30(20)32(48)39-34(35)38-31)28-15-25(44)26(59-28)17-58-63(54,55)61-64(56,57)60-62(51,52)53;33-20(22(40)9-3-1-2-4-10-25(42)35-21(31(46)47)13-27(43)44)17-63-62-12-11-19(39)8-6-5-7-18-15-38(29-28(18)30(45)37-32(34)36-29)26-14-23(41)24(56-26)16-55-60(51,52)58-61(53,54)57-59(48,49)50/h16,22-23,25-26,28,44H,2-5,7,9-15,17-18H2,1H3,(H,36,41)(H,37,45)(H,46,47)(H,49,50)(H,54,55)(H,56,57)(H2,51,52,53)(H3,35,38,39,48);15,20-21,23-24,26,41H,1-4,6,8-14,16-17,33H2,(H,35,42)(H,43,44)(H,46,47)(H,51,52)(H,53,54)(H2,48,49,50)(H3,34,36,37,45). The number of nitrogens with two attached hydrogens (primary N) is 3. The van der Waals surface area contributed by atoms with Crippen LogP contribution in [-0.2, 0) is 116 Å². The third-order valence-corrected chi connectivity index (χ3v) is 30.0. The third kappa shape index (κ3) is 42.1. The minimum Gasteiger partial charge on any atom is -0.481 e. The number of anilines is 2. The normalized spacial score (nSPS) is 19.1. The van der Waals surface area contributed by atoms with Crippen LogP contribution in [0.25, 0.3) is 22.1 Å². The summed E-state index contributed by atoms with van der Waals surface area (Å²) in [5.41, 5.74) is 16.4. The molecule has 2 saturated heterocycles. The first-order chi connectivity index (χ1) is 60.1. The Balaban J connectivity index is 0.000000458. The second-order valence-corrected chi connectivity index (χ2v) is 42.1. The highest BCUT2D eigenvalue weighted by atomic mass is 33.1. The van der Waals surface area contributed by atoms with Crippen molar-refractivity contribution in [2.75, 3.05) is 47.7 Å². The molecule has 53 nitrogen and oxygen atoms in total. The van der Waals surface area contributed by atoms with E-state index in [4.69, 9.17) is 66.7 Å². The fourth-order valence-electron chi connectivity index (χ4n) is 11.7. The van der Waals surface area contributed by atoms with Crippen LogP contribution in [0.1, 0.15) is 172 Å². The quantitative estimate of drug-likeness (QED) is 0.0130. The highest BCUT2D eigenvalue weighted by Crippen LogP contribution is 2.67. The van der Waals surface area contributed by atoms with Crippen LogP contribution in [0, 0.1) is 23.7 Å². The smallest absolute Gasteiger partial charge is 0.481 e. The lowest BCUT2D eigenvalue weighted by Gasteiger charge is -2.19. The summed E-state index contributed by atoms with van der Waals surface area (Å²) < 4.78 is 107. The summed E-state index contributed by atoms with van der Waals surface area (Å²) in [6.07, 6.45) is -1.55. The number of aromatic nitrogens is 6. The van der Waals surface area contributed by atoms with Crippen molar-refractivity contribution in [3.05, 3.63) is 44.2 Å². The Morgan fingerprint density at radius 1 is 0.512 bits per heavy atom. The number of aliphatic hydroxyl groups is 2. The summed E-state index contributed by atoms with van der Waals surface area (Å²) in [5.74, 6) is 4.42. The second-order valence-electron chi connectivity index (χ2n) is 28.0. The first-order valence-electron chi connectivity index (χ1n) is 38.2. The van der Waals surface area contributed by atoms with Crippen molar-refractivity contribution in [3.63, 3.8) is 0 Å². The molecule has 6 rings (SSSR count). The van der Waals surface area contributed by atoms with E-state index in [1.165, 1.54) is 71.6 Å². The van der Waals surface area contributed by atoms with E-state index >= 15 is 0 Å². The fourth-order valence-corrected chi connectivity index (χ4v) is 22.2. The van der Waals surface area contributed by atoms with Gasteiger partial charge in [-0.25, -0.2) is 37.0 Å². The second kappa shape index (κ2) is 52.9. The number of ether oxygens (including phenoxy) is 2. The van der Waals surface area contributed by atoms with Gasteiger partial charge in [0.1, 0.15) is 54.1 Å². The molecule has 2 aliphatic rings. The van der Waals surface area contributed by atoms with Gasteiger partial charge in [0.05, 0.1) is 72.2 Å². The molecule has 0 aromatic carbocycles. The first kappa shape index (κ1) is 112. The molecule has 2 fully saturated rings. The molecule has 0 aliphatic carbocycles. The van der Waals surface area contributed by atoms with Gasteiger partial charge < -0.3 is 122 Å². The zero-order chi connectivity index (χ0) is 96.5. The number of H-pyrrole nitrogens is 2. The highest BCUT2D eigenvalue weighted by Gasteiger charge is 2.46. The van der Waals surface area contributed by atoms with Crippen LogP contribution >= 0.6 is 90.1 Å². The molecule has 14 unspecified atom stereocenters. The number of ketones is 4. The number of nitrogen functional groups attached to an aromatic ring is 2. The lowest BCUT2D eigenvalue weighted by molar-refractivity contribution is -0.147. The molecule has 0 saturated carbocycles. The number of carboxylic acids is 4. The number of carbonyl (C=O) groups is 11. The van der Waals surface area contributed by atoms with Gasteiger partial charge in [-0.1, -0.05) is 92.5 Å². The Morgan fingerprint density at radius 3 is 1.25 bits per heavy atom. The van der Waals surface area contributed by atoms with Crippen LogP contribution in [0.5, 0.6) is 0 Å². The topological polar surface area (TPSA) is 863 Å². The SMILES string of the molecule is CC(=O)NC(CSSCCC(=O)CCC#Cc1cn(C2CC(O)C(COP(=O)(O)OP(=O)(O)OP(=O)(O)O)O2)c2nc(N)[nH]c(=O)c12)C(=O)CCCCCCC(=O)NC(CC(=O)O)C(=O)O.Nc1nc2c(c(C#CCCC(=O)CCSSCC(N)C(=O)CCCCCCC(=O)NC(CC(=O)O)C(=O)O)cn2C2CC(O)C(COP(=O)(O)OP(=O)(O)OP(=O)(O)O)O2)c(=O)[nH]1. The predicted molar refractivity (Wildman–Crippen MR) is 454 cm³/mol. The molecule has 14 atom stereocenters. The number of phosphoric acid groups is 6. The Labute approximate surface area is 746 Å². The fraction of sp³-hybridized carbons (Fsp3) is 0.591. The van der Waals surface area contributed by atoms with Crippen molar-refractivity contribution in [1.29, 1.82) is 0 Å². The molecule has 2 aliphatic heterocycles. The van der Waals surface area contributed by atoms with Crippen molar-refractivity contribution in [2.45, 2.75) is 209 Å². The number of hydrogen-bond donors (Lipinski definition) is 22. The number of aliphatic hydroxyl groups excluding tert-OH is 2. The van der Waals surface area contributed by atoms with Gasteiger partial charge in [-0.05, 0) is 25.7 Å². The lowest BCUT2D eigenvalue weighted by Crippen LogP contribution is -2.42. The van der Waals surface area contributed by atoms with E-state index < -0.39 is 187 Å². The minimum atomic E-state index is -5.79.